The van der Waals surface area contributed by atoms with E-state index in [2.05, 4.69) is 15.8 Å². The minimum atomic E-state index is -0.319. The van der Waals surface area contributed by atoms with Crippen LogP contribution in [0.3, 0.4) is 0 Å². The fourth-order valence-corrected chi connectivity index (χ4v) is 1.21. The SMILES string of the molecule is CNc1cc(C(=O)Nc2ccccc2)on1. The zero-order valence-electron chi connectivity index (χ0n) is 8.73. The van der Waals surface area contributed by atoms with Crippen LogP contribution in [0, 0.1) is 0 Å². The second-order valence-electron chi connectivity index (χ2n) is 3.15. The van der Waals surface area contributed by atoms with Gasteiger partial charge in [0.1, 0.15) is 0 Å². The first-order valence-electron chi connectivity index (χ1n) is 4.80. The molecule has 2 aromatic rings. The lowest BCUT2D eigenvalue weighted by atomic mass is 10.3. The van der Waals surface area contributed by atoms with E-state index < -0.39 is 0 Å². The van der Waals surface area contributed by atoms with Gasteiger partial charge in [-0.15, -0.1) is 0 Å². The average Bonchev–Trinajstić information content (AvgIpc) is 2.79. The van der Waals surface area contributed by atoms with E-state index in [0.29, 0.717) is 5.82 Å². The molecule has 0 bridgehead atoms. The fourth-order valence-electron chi connectivity index (χ4n) is 1.21. The summed E-state index contributed by atoms with van der Waals surface area (Å²) in [7, 11) is 1.71. The van der Waals surface area contributed by atoms with Gasteiger partial charge in [-0.05, 0) is 12.1 Å². The first-order chi connectivity index (χ1) is 7.79. The van der Waals surface area contributed by atoms with Crippen molar-refractivity contribution >= 4 is 17.4 Å². The van der Waals surface area contributed by atoms with Crippen LogP contribution in [0.2, 0.25) is 0 Å². The van der Waals surface area contributed by atoms with Crippen LogP contribution >= 0.6 is 0 Å². The van der Waals surface area contributed by atoms with Crippen LogP contribution in [-0.4, -0.2) is 18.1 Å². The van der Waals surface area contributed by atoms with Crippen molar-refractivity contribution in [1.29, 1.82) is 0 Å². The molecule has 2 rings (SSSR count). The quantitative estimate of drug-likeness (QED) is 0.824. The van der Waals surface area contributed by atoms with Gasteiger partial charge in [-0.25, -0.2) is 0 Å². The van der Waals surface area contributed by atoms with Crippen molar-refractivity contribution in [3.8, 4) is 0 Å². The molecule has 0 saturated carbocycles. The first kappa shape index (κ1) is 10.2. The minimum absolute atomic E-state index is 0.174. The molecule has 5 heteroatoms. The molecule has 16 heavy (non-hydrogen) atoms. The number of carbonyl (C=O) groups is 1. The van der Waals surface area contributed by atoms with Gasteiger partial charge in [0.05, 0.1) is 0 Å². The lowest BCUT2D eigenvalue weighted by molar-refractivity contribution is 0.0988. The maximum atomic E-state index is 11.7. The summed E-state index contributed by atoms with van der Waals surface area (Å²) in [5, 5.41) is 9.13. The van der Waals surface area contributed by atoms with E-state index in [-0.39, 0.29) is 11.7 Å². The molecule has 0 aliphatic carbocycles. The Kier molecular flexibility index (Phi) is 2.86. The molecule has 1 heterocycles. The van der Waals surface area contributed by atoms with Crippen LogP contribution in [0.5, 0.6) is 0 Å². The molecule has 2 N–H and O–H groups in total. The number of nitrogens with zero attached hydrogens (tertiary/aromatic N) is 1. The molecule has 0 spiro atoms. The largest absolute Gasteiger partial charge is 0.370 e. The molecule has 0 radical (unpaired) electrons. The molecule has 82 valence electrons. The van der Waals surface area contributed by atoms with Crippen molar-refractivity contribution in [3.05, 3.63) is 42.2 Å². The topological polar surface area (TPSA) is 67.2 Å². The van der Waals surface area contributed by atoms with Crippen molar-refractivity contribution in [2.75, 3.05) is 17.7 Å². The van der Waals surface area contributed by atoms with Gasteiger partial charge in [-0.1, -0.05) is 23.4 Å². The highest BCUT2D eigenvalue weighted by atomic mass is 16.5. The van der Waals surface area contributed by atoms with Gasteiger partial charge in [0, 0.05) is 18.8 Å². The normalized spacial score (nSPS) is 9.81. The molecule has 0 atom stereocenters. The number of hydrogen-bond donors (Lipinski definition) is 2. The third-order valence-electron chi connectivity index (χ3n) is 2.02. The second-order valence-corrected chi connectivity index (χ2v) is 3.15. The van der Waals surface area contributed by atoms with Gasteiger partial charge in [0.2, 0.25) is 5.76 Å². The van der Waals surface area contributed by atoms with Gasteiger partial charge in [0.25, 0.3) is 5.91 Å². The molecule has 0 unspecified atom stereocenters. The van der Waals surface area contributed by atoms with Crippen LogP contribution in [0.25, 0.3) is 0 Å². The lowest BCUT2D eigenvalue weighted by Gasteiger charge is -2.00. The number of anilines is 2. The van der Waals surface area contributed by atoms with Crippen LogP contribution in [0.1, 0.15) is 10.6 Å². The summed E-state index contributed by atoms with van der Waals surface area (Å²) in [4.78, 5) is 11.7. The van der Waals surface area contributed by atoms with Crippen molar-refractivity contribution in [2.45, 2.75) is 0 Å². The van der Waals surface area contributed by atoms with E-state index in [1.165, 1.54) is 6.07 Å². The van der Waals surface area contributed by atoms with Gasteiger partial charge < -0.3 is 15.2 Å². The monoisotopic (exact) mass is 217 g/mol. The van der Waals surface area contributed by atoms with Gasteiger partial charge in [-0.3, -0.25) is 4.79 Å². The summed E-state index contributed by atoms with van der Waals surface area (Å²) in [6.07, 6.45) is 0. The van der Waals surface area contributed by atoms with E-state index >= 15 is 0 Å². The van der Waals surface area contributed by atoms with Crippen molar-refractivity contribution in [3.63, 3.8) is 0 Å². The standard InChI is InChI=1S/C11H11N3O2/c1-12-10-7-9(16-14-10)11(15)13-8-5-3-2-4-6-8/h2-7H,1H3,(H,12,14)(H,13,15). The molecule has 1 aromatic carbocycles. The molecule has 5 nitrogen and oxygen atoms in total. The molecular weight excluding hydrogens is 206 g/mol. The second kappa shape index (κ2) is 4.48. The van der Waals surface area contributed by atoms with Crippen LogP contribution in [-0.2, 0) is 0 Å². The summed E-state index contributed by atoms with van der Waals surface area (Å²) in [5.74, 6) is 0.381. The Morgan fingerprint density at radius 2 is 2.06 bits per heavy atom. The van der Waals surface area contributed by atoms with Crippen molar-refractivity contribution < 1.29 is 9.32 Å². The number of benzene rings is 1. The van der Waals surface area contributed by atoms with E-state index in [1.807, 2.05) is 18.2 Å². The highest BCUT2D eigenvalue weighted by molar-refractivity contribution is 6.02. The van der Waals surface area contributed by atoms with E-state index in [1.54, 1.807) is 19.2 Å². The van der Waals surface area contributed by atoms with Crippen molar-refractivity contribution in [2.24, 2.45) is 0 Å². The summed E-state index contributed by atoms with van der Waals surface area (Å²) in [5.41, 5.74) is 0.718. The number of hydrogen-bond acceptors (Lipinski definition) is 4. The van der Waals surface area contributed by atoms with E-state index in [0.717, 1.165) is 5.69 Å². The maximum absolute atomic E-state index is 11.7. The molecule has 0 aliphatic heterocycles. The highest BCUT2D eigenvalue weighted by Gasteiger charge is 2.12. The lowest BCUT2D eigenvalue weighted by Crippen LogP contribution is -2.10. The predicted octanol–water partition coefficient (Wildman–Crippen LogP) is 1.97. The molecule has 1 aromatic heterocycles. The third kappa shape index (κ3) is 2.20. The van der Waals surface area contributed by atoms with Crippen molar-refractivity contribution in [1.82, 2.24) is 5.16 Å². The Labute approximate surface area is 92.4 Å². The molecule has 0 saturated heterocycles. The molecule has 0 aliphatic rings. The fraction of sp³-hybridized carbons (Fsp3) is 0.0909. The summed E-state index contributed by atoms with van der Waals surface area (Å²) in [6.45, 7) is 0. The average molecular weight is 217 g/mol. The van der Waals surface area contributed by atoms with Gasteiger partial charge in [-0.2, -0.15) is 0 Å². The number of carbonyl (C=O) groups excluding carboxylic acids is 1. The van der Waals surface area contributed by atoms with E-state index in [9.17, 15) is 4.79 Å². The van der Waals surface area contributed by atoms with Crippen LogP contribution in [0.4, 0.5) is 11.5 Å². The van der Waals surface area contributed by atoms with Gasteiger partial charge >= 0.3 is 0 Å². The number of para-hydroxylation sites is 1. The summed E-state index contributed by atoms with van der Waals surface area (Å²) >= 11 is 0. The van der Waals surface area contributed by atoms with E-state index in [4.69, 9.17) is 4.52 Å². The Balaban J connectivity index is 2.09. The molecular formula is C11H11N3O2. The predicted molar refractivity (Wildman–Crippen MR) is 60.4 cm³/mol. The zero-order chi connectivity index (χ0) is 11.4. The van der Waals surface area contributed by atoms with Crippen LogP contribution in [0.15, 0.2) is 40.9 Å². The first-order valence-corrected chi connectivity index (χ1v) is 4.80. The Bertz CT molecular complexity index is 479. The highest BCUT2D eigenvalue weighted by Crippen LogP contribution is 2.11. The third-order valence-corrected chi connectivity index (χ3v) is 2.02. The Morgan fingerprint density at radius 1 is 1.31 bits per heavy atom. The number of rotatable bonds is 3. The molecule has 1 amide bonds. The summed E-state index contributed by atoms with van der Waals surface area (Å²) in [6, 6.07) is 10.7. The zero-order valence-corrected chi connectivity index (χ0v) is 8.73. The van der Waals surface area contributed by atoms with Gasteiger partial charge in [0.15, 0.2) is 5.82 Å². The Morgan fingerprint density at radius 3 is 2.69 bits per heavy atom. The molecule has 0 fully saturated rings. The minimum Gasteiger partial charge on any atom is -0.370 e. The maximum Gasteiger partial charge on any atom is 0.294 e. The number of nitrogens with one attached hydrogen (secondary N) is 2. The summed E-state index contributed by atoms with van der Waals surface area (Å²) < 4.78 is 4.86. The van der Waals surface area contributed by atoms with Crippen LogP contribution < -0.4 is 10.6 Å². The number of amides is 1. The number of aromatic nitrogens is 1. The smallest absolute Gasteiger partial charge is 0.294 e. The Hall–Kier alpha value is -2.30.